The summed E-state index contributed by atoms with van der Waals surface area (Å²) in [4.78, 5) is 10.9. The van der Waals surface area contributed by atoms with Gasteiger partial charge in [-0.3, -0.25) is 0 Å². The highest BCUT2D eigenvalue weighted by Crippen LogP contribution is 2.26. The Labute approximate surface area is 89.8 Å². The lowest BCUT2D eigenvalue weighted by molar-refractivity contribution is -0.225. The van der Waals surface area contributed by atoms with E-state index in [0.717, 1.165) is 0 Å². The number of hydrogen-bond donors (Lipinski definition) is 0. The van der Waals surface area contributed by atoms with E-state index in [1.54, 1.807) is 6.92 Å². The van der Waals surface area contributed by atoms with Crippen molar-refractivity contribution in [2.24, 2.45) is 0 Å². The maximum Gasteiger partial charge on any atom is 0.444 e. The summed E-state index contributed by atoms with van der Waals surface area (Å²) in [7, 11) is 0. The van der Waals surface area contributed by atoms with Gasteiger partial charge in [-0.2, -0.15) is 8.78 Å². The molecule has 0 rings (SSSR count). The lowest BCUT2D eigenvalue weighted by atomic mass is 10.3. The molecule has 0 saturated carbocycles. The Kier molecular flexibility index (Phi) is 5.49. The van der Waals surface area contributed by atoms with E-state index in [0.29, 0.717) is 6.26 Å². The zero-order chi connectivity index (χ0) is 12.1. The highest BCUT2D eigenvalue weighted by molar-refractivity contribution is 6.20. The van der Waals surface area contributed by atoms with Gasteiger partial charge in [0.15, 0.2) is 0 Å². The molecule has 0 fully saturated rings. The Balaban J connectivity index is 4.33. The SMILES string of the molecule is CCOC(=O)C(C)=COC(F)(F)C(F)Cl. The number of alkyl halides is 4. The molecule has 7 heteroatoms. The monoisotopic (exact) mass is 246 g/mol. The highest BCUT2D eigenvalue weighted by Gasteiger charge is 2.41. The molecule has 0 radical (unpaired) electrons. The molecule has 0 aromatic heterocycles. The first-order valence-corrected chi connectivity index (χ1v) is 4.42. The topological polar surface area (TPSA) is 35.5 Å². The molecule has 0 spiro atoms. The summed E-state index contributed by atoms with van der Waals surface area (Å²) < 4.78 is 45.1. The van der Waals surface area contributed by atoms with Gasteiger partial charge in [0.1, 0.15) is 6.26 Å². The second-order valence-electron chi connectivity index (χ2n) is 2.50. The zero-order valence-electron chi connectivity index (χ0n) is 8.10. The molecule has 0 saturated heterocycles. The van der Waals surface area contributed by atoms with Gasteiger partial charge in [-0.05, 0) is 13.8 Å². The Morgan fingerprint density at radius 1 is 1.60 bits per heavy atom. The third-order valence-corrected chi connectivity index (χ3v) is 1.50. The number of carbonyl (C=O) groups is 1. The van der Waals surface area contributed by atoms with Crippen molar-refractivity contribution in [3.63, 3.8) is 0 Å². The summed E-state index contributed by atoms with van der Waals surface area (Å²) in [6.07, 6.45) is -3.76. The summed E-state index contributed by atoms with van der Waals surface area (Å²) in [5.74, 6) is -0.821. The standard InChI is InChI=1S/C8H10ClF3O3/c1-3-14-6(13)5(2)4-15-8(11,12)7(9)10/h4,7H,3H2,1-2H3. The third-order valence-electron chi connectivity index (χ3n) is 1.24. The van der Waals surface area contributed by atoms with Crippen LogP contribution in [0.1, 0.15) is 13.8 Å². The van der Waals surface area contributed by atoms with E-state index in [2.05, 4.69) is 21.1 Å². The van der Waals surface area contributed by atoms with Crippen molar-refractivity contribution in [1.82, 2.24) is 0 Å². The summed E-state index contributed by atoms with van der Waals surface area (Å²) in [6, 6.07) is 0. The quantitative estimate of drug-likeness (QED) is 0.324. The van der Waals surface area contributed by atoms with E-state index in [4.69, 9.17) is 0 Å². The number of hydrogen-bond acceptors (Lipinski definition) is 3. The van der Waals surface area contributed by atoms with Crippen LogP contribution in [0.15, 0.2) is 11.8 Å². The molecule has 0 N–H and O–H groups in total. The Morgan fingerprint density at radius 2 is 2.13 bits per heavy atom. The first-order valence-electron chi connectivity index (χ1n) is 3.99. The van der Waals surface area contributed by atoms with Crippen LogP contribution in [-0.4, -0.2) is 24.3 Å². The van der Waals surface area contributed by atoms with Crippen molar-refractivity contribution >= 4 is 17.6 Å². The van der Waals surface area contributed by atoms with E-state index in [9.17, 15) is 18.0 Å². The first kappa shape index (κ1) is 14.1. The molecule has 0 aromatic rings. The van der Waals surface area contributed by atoms with Gasteiger partial charge in [-0.15, -0.1) is 0 Å². The molecule has 0 aliphatic carbocycles. The fourth-order valence-corrected chi connectivity index (χ4v) is 0.563. The van der Waals surface area contributed by atoms with Crippen LogP contribution in [0, 0.1) is 0 Å². The molecule has 3 nitrogen and oxygen atoms in total. The van der Waals surface area contributed by atoms with E-state index in [-0.39, 0.29) is 12.2 Å². The molecule has 0 amide bonds. The third kappa shape index (κ3) is 4.92. The summed E-state index contributed by atoms with van der Waals surface area (Å²) in [5.41, 5.74) is -3.20. The Hall–Kier alpha value is -0.910. The average Bonchev–Trinajstić information content (AvgIpc) is 2.14. The van der Waals surface area contributed by atoms with Gasteiger partial charge in [-0.1, -0.05) is 11.6 Å². The molecule has 0 aliphatic rings. The summed E-state index contributed by atoms with van der Waals surface area (Å²) >= 11 is 4.51. The van der Waals surface area contributed by atoms with Gasteiger partial charge < -0.3 is 9.47 Å². The van der Waals surface area contributed by atoms with Crippen molar-refractivity contribution < 1.29 is 27.4 Å². The second-order valence-corrected chi connectivity index (χ2v) is 2.88. The molecule has 0 aliphatic heterocycles. The van der Waals surface area contributed by atoms with Crippen LogP contribution >= 0.6 is 11.6 Å². The van der Waals surface area contributed by atoms with Gasteiger partial charge in [-0.25, -0.2) is 9.18 Å². The van der Waals surface area contributed by atoms with Crippen molar-refractivity contribution in [3.8, 4) is 0 Å². The molecule has 0 aromatic carbocycles. The average molecular weight is 247 g/mol. The largest absolute Gasteiger partial charge is 0.463 e. The minimum absolute atomic E-state index is 0.0989. The molecule has 1 unspecified atom stereocenters. The van der Waals surface area contributed by atoms with Crippen molar-refractivity contribution in [1.29, 1.82) is 0 Å². The van der Waals surface area contributed by atoms with E-state index < -0.39 is 17.7 Å². The molecule has 0 bridgehead atoms. The normalized spacial score (nSPS) is 14.7. The minimum atomic E-state index is -4.17. The predicted molar refractivity (Wildman–Crippen MR) is 47.2 cm³/mol. The Morgan fingerprint density at radius 3 is 2.53 bits per heavy atom. The molecule has 15 heavy (non-hydrogen) atoms. The van der Waals surface area contributed by atoms with Crippen LogP contribution in [0.25, 0.3) is 0 Å². The van der Waals surface area contributed by atoms with Crippen molar-refractivity contribution in [3.05, 3.63) is 11.8 Å². The van der Waals surface area contributed by atoms with Gasteiger partial charge in [0.05, 0.1) is 12.2 Å². The molecular formula is C8H10ClF3O3. The van der Waals surface area contributed by atoms with Crippen LogP contribution in [0.5, 0.6) is 0 Å². The van der Waals surface area contributed by atoms with Crippen LogP contribution in [0.4, 0.5) is 13.2 Å². The predicted octanol–water partition coefficient (Wildman–Crippen LogP) is 2.60. The van der Waals surface area contributed by atoms with Crippen LogP contribution in [-0.2, 0) is 14.3 Å². The minimum Gasteiger partial charge on any atom is -0.463 e. The molecule has 88 valence electrons. The van der Waals surface area contributed by atoms with Gasteiger partial charge in [0.25, 0.3) is 5.63 Å². The molecular weight excluding hydrogens is 237 g/mol. The molecule has 1 atom stereocenters. The van der Waals surface area contributed by atoms with Crippen LogP contribution in [0.2, 0.25) is 0 Å². The highest BCUT2D eigenvalue weighted by atomic mass is 35.5. The number of ether oxygens (including phenoxy) is 2. The maximum absolute atomic E-state index is 12.4. The lowest BCUT2D eigenvalue weighted by Gasteiger charge is -2.15. The summed E-state index contributed by atoms with van der Waals surface area (Å²) in [6.45, 7) is 2.84. The fourth-order valence-electron chi connectivity index (χ4n) is 0.511. The van der Waals surface area contributed by atoms with Crippen LogP contribution < -0.4 is 0 Å². The number of halogens is 4. The number of carbonyl (C=O) groups excluding carboxylic acids is 1. The number of rotatable bonds is 5. The van der Waals surface area contributed by atoms with Crippen molar-refractivity contribution in [2.75, 3.05) is 6.61 Å². The first-order chi connectivity index (χ1) is 6.81. The summed E-state index contributed by atoms with van der Waals surface area (Å²) in [5, 5.41) is 0. The van der Waals surface area contributed by atoms with E-state index in [1.807, 2.05) is 0 Å². The van der Waals surface area contributed by atoms with Gasteiger partial charge >= 0.3 is 12.1 Å². The van der Waals surface area contributed by atoms with Crippen molar-refractivity contribution in [2.45, 2.75) is 25.6 Å². The van der Waals surface area contributed by atoms with Gasteiger partial charge in [0.2, 0.25) is 0 Å². The second kappa shape index (κ2) is 5.85. The molecule has 0 heterocycles. The lowest BCUT2D eigenvalue weighted by Crippen LogP contribution is -2.27. The Bertz CT molecular complexity index is 254. The number of esters is 1. The zero-order valence-corrected chi connectivity index (χ0v) is 8.85. The van der Waals surface area contributed by atoms with Crippen LogP contribution in [0.3, 0.4) is 0 Å². The van der Waals surface area contributed by atoms with Gasteiger partial charge in [0, 0.05) is 0 Å². The maximum atomic E-state index is 12.4. The van der Waals surface area contributed by atoms with E-state index >= 15 is 0 Å². The smallest absolute Gasteiger partial charge is 0.444 e. The fraction of sp³-hybridized carbons (Fsp3) is 0.625. The van der Waals surface area contributed by atoms with E-state index in [1.165, 1.54) is 6.92 Å².